The number of carbonyl (C=O) groups excluding carboxylic acids is 1. The number of aryl methyl sites for hydroxylation is 1. The van der Waals surface area contributed by atoms with Crippen molar-refractivity contribution in [1.82, 2.24) is 9.78 Å². The molecule has 1 fully saturated rings. The maximum atomic E-state index is 14.9. The van der Waals surface area contributed by atoms with Crippen LogP contribution in [-0.2, 0) is 26.8 Å². The maximum Gasteiger partial charge on any atom is 0.497 e. The van der Waals surface area contributed by atoms with Crippen molar-refractivity contribution in [2.45, 2.75) is 58.0 Å². The van der Waals surface area contributed by atoms with E-state index in [0.717, 1.165) is 23.0 Å². The van der Waals surface area contributed by atoms with Crippen molar-refractivity contribution in [3.05, 3.63) is 35.7 Å². The molecule has 1 aromatic carbocycles. The highest BCUT2D eigenvalue weighted by Crippen LogP contribution is 2.39. The molecule has 3 rings (SSSR count). The molecule has 0 saturated carbocycles. The molecule has 1 amide bonds. The van der Waals surface area contributed by atoms with E-state index in [1.165, 1.54) is 0 Å². The van der Waals surface area contributed by atoms with Crippen molar-refractivity contribution < 1.29 is 36.1 Å². The van der Waals surface area contributed by atoms with E-state index in [2.05, 4.69) is 5.10 Å². The van der Waals surface area contributed by atoms with E-state index in [0.29, 0.717) is 0 Å². The molecule has 12 heteroatoms. The van der Waals surface area contributed by atoms with Crippen LogP contribution in [0.5, 0.6) is 0 Å². The summed E-state index contributed by atoms with van der Waals surface area (Å²) >= 11 is 0. The predicted octanol–water partition coefficient (Wildman–Crippen LogP) is 3.02. The number of halogens is 5. The van der Waals surface area contributed by atoms with Crippen molar-refractivity contribution in [1.29, 1.82) is 0 Å². The van der Waals surface area contributed by atoms with Crippen LogP contribution in [-0.4, -0.2) is 34.0 Å². The molecule has 2 N–H and O–H groups in total. The van der Waals surface area contributed by atoms with Crippen LogP contribution in [0.15, 0.2) is 18.3 Å². The smallest absolute Gasteiger partial charge is 0.399 e. The Hall–Kier alpha value is -2.47. The number of benzene rings is 1. The molecule has 0 atom stereocenters. The van der Waals surface area contributed by atoms with Gasteiger partial charge in [0.25, 0.3) is 0 Å². The van der Waals surface area contributed by atoms with Gasteiger partial charge in [-0.2, -0.15) is 18.3 Å². The fraction of sp³-hybridized carbons (Fsp3) is 0.474. The molecule has 0 bridgehead atoms. The molecule has 168 valence electrons. The van der Waals surface area contributed by atoms with Gasteiger partial charge in [-0.05, 0) is 27.7 Å². The number of alkyl halides is 3. The van der Waals surface area contributed by atoms with Crippen LogP contribution in [0.4, 0.5) is 22.0 Å². The third kappa shape index (κ3) is 4.31. The lowest BCUT2D eigenvalue weighted by Gasteiger charge is -2.32. The minimum absolute atomic E-state index is 0.242. The van der Waals surface area contributed by atoms with Crippen LogP contribution < -0.4 is 11.2 Å². The van der Waals surface area contributed by atoms with Crippen LogP contribution in [0.1, 0.15) is 39.8 Å². The Kier molecular flexibility index (Phi) is 5.68. The van der Waals surface area contributed by atoms with Crippen LogP contribution in [0.2, 0.25) is 0 Å². The van der Waals surface area contributed by atoms with Crippen LogP contribution in [0, 0.1) is 11.6 Å². The van der Waals surface area contributed by atoms with Gasteiger partial charge in [0, 0.05) is 35.8 Å². The maximum absolute atomic E-state index is 14.9. The molecule has 2 heterocycles. The topological polar surface area (TPSA) is 79.4 Å². The molecule has 1 aliphatic heterocycles. The number of amides is 1. The number of carbonyl (C=O) groups is 1. The number of rotatable bonds is 5. The molecular formula is C19H21BF5N3O3. The van der Waals surface area contributed by atoms with Gasteiger partial charge >= 0.3 is 13.3 Å². The monoisotopic (exact) mass is 445 g/mol. The summed E-state index contributed by atoms with van der Waals surface area (Å²) in [7, 11) is -1.23. The Morgan fingerprint density at radius 1 is 1.10 bits per heavy atom. The number of primary amides is 1. The van der Waals surface area contributed by atoms with Gasteiger partial charge < -0.3 is 15.0 Å². The van der Waals surface area contributed by atoms with Gasteiger partial charge in [-0.25, -0.2) is 8.78 Å². The lowest BCUT2D eigenvalue weighted by molar-refractivity contribution is -0.141. The van der Waals surface area contributed by atoms with Crippen molar-refractivity contribution in [3.63, 3.8) is 0 Å². The van der Waals surface area contributed by atoms with Gasteiger partial charge in [-0.3, -0.25) is 9.48 Å². The van der Waals surface area contributed by atoms with Gasteiger partial charge in [0.1, 0.15) is 0 Å². The van der Waals surface area contributed by atoms with Crippen molar-refractivity contribution in [2.24, 2.45) is 5.73 Å². The Bertz CT molecular complexity index is 1000. The first-order valence-corrected chi connectivity index (χ1v) is 9.41. The van der Waals surface area contributed by atoms with E-state index < -0.39 is 58.9 Å². The van der Waals surface area contributed by atoms with Crippen molar-refractivity contribution in [2.75, 3.05) is 0 Å². The van der Waals surface area contributed by atoms with Crippen molar-refractivity contribution in [3.8, 4) is 11.1 Å². The van der Waals surface area contributed by atoms with Crippen molar-refractivity contribution >= 4 is 18.5 Å². The first-order valence-electron chi connectivity index (χ1n) is 9.41. The number of aromatic nitrogens is 2. The highest BCUT2D eigenvalue weighted by molar-refractivity contribution is 6.62. The summed E-state index contributed by atoms with van der Waals surface area (Å²) in [6, 6.07) is 2.14. The second-order valence-corrected chi connectivity index (χ2v) is 8.29. The van der Waals surface area contributed by atoms with E-state index in [1.54, 1.807) is 27.7 Å². The molecule has 1 saturated heterocycles. The van der Waals surface area contributed by atoms with E-state index in [4.69, 9.17) is 15.0 Å². The average Bonchev–Trinajstić information content (AvgIpc) is 3.14. The Morgan fingerprint density at radius 3 is 2.19 bits per heavy atom. The Morgan fingerprint density at radius 2 is 1.68 bits per heavy atom. The Labute approximate surface area is 175 Å². The standard InChI is InChI=1S/C19H21BF5N3O3/c1-17(2)18(3,4)31-20(30-17)12-6-5-10(14(21)15(12)22)11-9-28(8-7-13(26)29)27-16(11)19(23,24)25/h5-6,9H,7-8H2,1-4H3,(H2,26,29). The quantitative estimate of drug-likeness (QED) is 0.567. The molecule has 31 heavy (non-hydrogen) atoms. The highest BCUT2D eigenvalue weighted by atomic mass is 19.4. The van der Waals surface area contributed by atoms with E-state index >= 15 is 0 Å². The average molecular weight is 445 g/mol. The van der Waals surface area contributed by atoms with Crippen LogP contribution >= 0.6 is 0 Å². The van der Waals surface area contributed by atoms with E-state index in [1.807, 2.05) is 0 Å². The zero-order valence-electron chi connectivity index (χ0n) is 17.3. The largest absolute Gasteiger partial charge is 0.497 e. The summed E-state index contributed by atoms with van der Waals surface area (Å²) in [5.41, 5.74) is 0.414. The van der Waals surface area contributed by atoms with Gasteiger partial charge in [0.15, 0.2) is 17.3 Å². The van der Waals surface area contributed by atoms with E-state index in [-0.39, 0.29) is 18.4 Å². The van der Waals surface area contributed by atoms with Gasteiger partial charge in [-0.1, -0.05) is 12.1 Å². The van der Waals surface area contributed by atoms with Gasteiger partial charge in [0.05, 0.1) is 11.2 Å². The zero-order chi connectivity index (χ0) is 23.4. The zero-order valence-corrected chi connectivity index (χ0v) is 17.3. The molecule has 0 spiro atoms. The molecular weight excluding hydrogens is 424 g/mol. The minimum Gasteiger partial charge on any atom is -0.399 e. The number of hydrogen-bond donors (Lipinski definition) is 1. The summed E-state index contributed by atoms with van der Waals surface area (Å²) in [6.45, 7) is 6.67. The summed E-state index contributed by atoms with van der Waals surface area (Å²) < 4.78 is 82.4. The SMILES string of the molecule is CC1(C)OB(c2ccc(-c3cn(CCC(N)=O)nc3C(F)(F)F)c(F)c2F)OC1(C)C. The van der Waals surface area contributed by atoms with E-state index in [9.17, 15) is 26.7 Å². The number of nitrogens with two attached hydrogens (primary N) is 1. The first kappa shape index (κ1) is 23.2. The fourth-order valence-electron chi connectivity index (χ4n) is 3.09. The lowest BCUT2D eigenvalue weighted by atomic mass is 9.78. The van der Waals surface area contributed by atoms with Crippen LogP contribution in [0.25, 0.3) is 11.1 Å². The predicted molar refractivity (Wildman–Crippen MR) is 102 cm³/mol. The minimum atomic E-state index is -4.93. The normalized spacial score (nSPS) is 17.9. The van der Waals surface area contributed by atoms with Gasteiger partial charge in [-0.15, -0.1) is 0 Å². The lowest BCUT2D eigenvalue weighted by Crippen LogP contribution is -2.41. The summed E-state index contributed by atoms with van der Waals surface area (Å²) in [5.74, 6) is -3.62. The molecule has 1 aliphatic rings. The summed E-state index contributed by atoms with van der Waals surface area (Å²) in [5, 5.41) is 3.38. The third-order valence-electron chi connectivity index (χ3n) is 5.53. The second kappa shape index (κ2) is 7.59. The number of hydrogen-bond acceptors (Lipinski definition) is 4. The Balaban J connectivity index is 2.03. The molecule has 0 aliphatic carbocycles. The molecule has 1 aromatic heterocycles. The summed E-state index contributed by atoms with van der Waals surface area (Å²) in [6.07, 6.45) is -4.30. The summed E-state index contributed by atoms with van der Waals surface area (Å²) in [4.78, 5) is 10.9. The molecule has 6 nitrogen and oxygen atoms in total. The molecule has 2 aromatic rings. The fourth-order valence-corrected chi connectivity index (χ4v) is 3.09. The second-order valence-electron chi connectivity index (χ2n) is 8.29. The third-order valence-corrected chi connectivity index (χ3v) is 5.53. The number of nitrogens with zero attached hydrogens (tertiary/aromatic N) is 2. The molecule has 0 unspecified atom stereocenters. The molecule has 0 radical (unpaired) electrons. The first-order chi connectivity index (χ1) is 14.1. The van der Waals surface area contributed by atoms with Gasteiger partial charge in [0.2, 0.25) is 5.91 Å². The van der Waals surface area contributed by atoms with Crippen LogP contribution in [0.3, 0.4) is 0 Å². The highest BCUT2D eigenvalue weighted by Gasteiger charge is 2.52.